The fraction of sp³-hybridized carbons (Fsp3) is 1.00. The summed E-state index contributed by atoms with van der Waals surface area (Å²) < 4.78 is 32.9. The molecule has 0 aliphatic rings. The molecule has 2 N–H and O–H groups in total. The highest BCUT2D eigenvalue weighted by atomic mass is 32.1. The first-order chi connectivity index (χ1) is 2.94. The van der Waals surface area contributed by atoms with Crippen LogP contribution in [0.5, 0.6) is 0 Å². The van der Waals surface area contributed by atoms with Crippen molar-refractivity contribution in [2.75, 3.05) is 0 Å². The van der Waals surface area contributed by atoms with Crippen LogP contribution in [-0.4, -0.2) is 11.6 Å². The Morgan fingerprint density at radius 3 is 1.57 bits per heavy atom. The largest absolute Gasteiger partial charge is 0.412 e. The van der Waals surface area contributed by atoms with Gasteiger partial charge in [-0.1, -0.05) is 0 Å². The van der Waals surface area contributed by atoms with Gasteiger partial charge in [-0.05, 0) is 0 Å². The van der Waals surface area contributed by atoms with E-state index in [9.17, 15) is 13.2 Å². The SMILES string of the molecule is NC(S)C(F)(F)F. The molecule has 0 aliphatic heterocycles. The number of halogens is 3. The standard InChI is InChI=1S/C2H4F3NS/c3-2(4,5)1(6)7/h1,7H,6H2. The summed E-state index contributed by atoms with van der Waals surface area (Å²) in [7, 11) is 0. The molecule has 0 fully saturated rings. The van der Waals surface area contributed by atoms with Crippen molar-refractivity contribution in [2.45, 2.75) is 11.6 Å². The fourth-order valence-corrected chi connectivity index (χ4v) is 0. The molecule has 0 bridgehead atoms. The maximum absolute atomic E-state index is 11.0. The predicted octanol–water partition coefficient (Wildman–Crippen LogP) is 0.763. The topological polar surface area (TPSA) is 26.0 Å². The van der Waals surface area contributed by atoms with E-state index < -0.39 is 11.6 Å². The van der Waals surface area contributed by atoms with E-state index >= 15 is 0 Å². The summed E-state index contributed by atoms with van der Waals surface area (Å²) in [6.45, 7) is 0. The van der Waals surface area contributed by atoms with Crippen LogP contribution in [0.4, 0.5) is 13.2 Å². The Kier molecular flexibility index (Phi) is 1.94. The monoisotopic (exact) mass is 131 g/mol. The summed E-state index contributed by atoms with van der Waals surface area (Å²) in [6, 6.07) is 0. The van der Waals surface area contributed by atoms with Gasteiger partial charge in [-0.2, -0.15) is 25.8 Å². The minimum absolute atomic E-state index is 2.01. The molecule has 0 saturated carbocycles. The zero-order chi connectivity index (χ0) is 6.08. The van der Waals surface area contributed by atoms with Gasteiger partial charge in [0.2, 0.25) is 0 Å². The Hall–Kier alpha value is 0.100. The summed E-state index contributed by atoms with van der Waals surface area (Å²) in [4.78, 5) is 0. The lowest BCUT2D eigenvalue weighted by Gasteiger charge is -2.06. The molecule has 7 heavy (non-hydrogen) atoms. The second kappa shape index (κ2) is 1.92. The fourth-order valence-electron chi connectivity index (χ4n) is 0. The van der Waals surface area contributed by atoms with E-state index in [-0.39, 0.29) is 0 Å². The van der Waals surface area contributed by atoms with Crippen LogP contribution >= 0.6 is 12.6 Å². The zero-order valence-electron chi connectivity index (χ0n) is 3.24. The molecular weight excluding hydrogens is 127 g/mol. The van der Waals surface area contributed by atoms with Crippen LogP contribution in [0.2, 0.25) is 0 Å². The van der Waals surface area contributed by atoms with Gasteiger partial charge >= 0.3 is 6.18 Å². The van der Waals surface area contributed by atoms with Crippen molar-refractivity contribution in [3.63, 3.8) is 0 Å². The summed E-state index contributed by atoms with van der Waals surface area (Å²) in [5.74, 6) is 0. The molecule has 0 aliphatic carbocycles. The number of hydrogen-bond donors (Lipinski definition) is 2. The summed E-state index contributed by atoms with van der Waals surface area (Å²) in [6.07, 6.45) is -4.36. The molecule has 5 heteroatoms. The first-order valence-corrected chi connectivity index (χ1v) is 1.96. The van der Waals surface area contributed by atoms with Crippen LogP contribution in [-0.2, 0) is 0 Å². The van der Waals surface area contributed by atoms with E-state index in [0.717, 1.165) is 0 Å². The van der Waals surface area contributed by atoms with Gasteiger partial charge < -0.3 is 5.73 Å². The lowest BCUT2D eigenvalue weighted by molar-refractivity contribution is -0.127. The number of thiol groups is 1. The second-order valence-corrected chi connectivity index (χ2v) is 1.54. The number of nitrogens with two attached hydrogens (primary N) is 1. The van der Waals surface area contributed by atoms with Gasteiger partial charge in [-0.3, -0.25) is 0 Å². The van der Waals surface area contributed by atoms with Crippen LogP contribution in [0, 0.1) is 0 Å². The quantitative estimate of drug-likeness (QED) is 0.368. The molecule has 0 radical (unpaired) electrons. The van der Waals surface area contributed by atoms with Crippen LogP contribution in [0.25, 0.3) is 0 Å². The molecule has 1 unspecified atom stereocenters. The maximum atomic E-state index is 11.0. The lowest BCUT2D eigenvalue weighted by atomic mass is 10.7. The van der Waals surface area contributed by atoms with E-state index in [1.807, 2.05) is 0 Å². The Morgan fingerprint density at radius 2 is 1.57 bits per heavy atom. The van der Waals surface area contributed by atoms with Gasteiger partial charge in [0.1, 0.15) is 5.37 Å². The summed E-state index contributed by atoms with van der Waals surface area (Å²) in [5.41, 5.74) is 4.31. The van der Waals surface area contributed by atoms with Crippen molar-refractivity contribution in [3.05, 3.63) is 0 Å². The third-order valence-corrected chi connectivity index (χ3v) is 0.628. The van der Waals surface area contributed by atoms with Crippen LogP contribution in [0.15, 0.2) is 0 Å². The summed E-state index contributed by atoms with van der Waals surface area (Å²) in [5, 5.41) is -2.01. The molecule has 0 rings (SSSR count). The van der Waals surface area contributed by atoms with Gasteiger partial charge in [0, 0.05) is 0 Å². The molecule has 0 aromatic rings. The third kappa shape index (κ3) is 2.76. The molecular formula is C2H4F3NS. The van der Waals surface area contributed by atoms with Crippen LogP contribution in [0.1, 0.15) is 0 Å². The van der Waals surface area contributed by atoms with E-state index in [1.165, 1.54) is 0 Å². The van der Waals surface area contributed by atoms with Crippen LogP contribution < -0.4 is 5.73 Å². The smallest absolute Gasteiger partial charge is 0.312 e. The van der Waals surface area contributed by atoms with E-state index in [0.29, 0.717) is 0 Å². The van der Waals surface area contributed by atoms with Crippen molar-refractivity contribution in [3.8, 4) is 0 Å². The minimum Gasteiger partial charge on any atom is -0.312 e. The van der Waals surface area contributed by atoms with Crippen molar-refractivity contribution < 1.29 is 13.2 Å². The molecule has 1 nitrogen and oxygen atoms in total. The first-order valence-electron chi connectivity index (χ1n) is 1.45. The maximum Gasteiger partial charge on any atom is 0.412 e. The van der Waals surface area contributed by atoms with Gasteiger partial charge in [-0.25, -0.2) is 0 Å². The number of alkyl halides is 3. The van der Waals surface area contributed by atoms with Crippen molar-refractivity contribution in [2.24, 2.45) is 5.73 Å². The van der Waals surface area contributed by atoms with Gasteiger partial charge in [-0.15, -0.1) is 0 Å². The lowest BCUT2D eigenvalue weighted by Crippen LogP contribution is -2.31. The zero-order valence-corrected chi connectivity index (χ0v) is 4.13. The Labute approximate surface area is 44.1 Å². The van der Waals surface area contributed by atoms with Gasteiger partial charge in [0.05, 0.1) is 0 Å². The normalized spacial score (nSPS) is 16.7. The number of rotatable bonds is 0. The highest BCUT2D eigenvalue weighted by Crippen LogP contribution is 2.19. The van der Waals surface area contributed by atoms with Crippen molar-refractivity contribution >= 4 is 12.6 Å². The van der Waals surface area contributed by atoms with E-state index in [1.54, 1.807) is 0 Å². The first kappa shape index (κ1) is 7.10. The number of hydrogen-bond acceptors (Lipinski definition) is 2. The minimum atomic E-state index is -4.36. The van der Waals surface area contributed by atoms with Crippen LogP contribution in [0.3, 0.4) is 0 Å². The molecule has 0 aromatic heterocycles. The highest BCUT2D eigenvalue weighted by Gasteiger charge is 2.33. The highest BCUT2D eigenvalue weighted by molar-refractivity contribution is 7.81. The van der Waals surface area contributed by atoms with E-state index in [2.05, 4.69) is 18.4 Å². The molecule has 0 amide bonds. The third-order valence-electron chi connectivity index (χ3n) is 0.335. The molecule has 0 heterocycles. The van der Waals surface area contributed by atoms with Crippen molar-refractivity contribution in [1.29, 1.82) is 0 Å². The molecule has 0 aromatic carbocycles. The Balaban J connectivity index is 3.54. The molecule has 1 atom stereocenters. The predicted molar refractivity (Wildman–Crippen MR) is 23.0 cm³/mol. The van der Waals surface area contributed by atoms with Gasteiger partial charge in [0.15, 0.2) is 0 Å². The Bertz CT molecular complexity index is 58.4. The Morgan fingerprint density at radius 1 is 1.43 bits per heavy atom. The summed E-state index contributed by atoms with van der Waals surface area (Å²) >= 11 is 2.93. The molecule has 0 saturated heterocycles. The molecule has 0 spiro atoms. The van der Waals surface area contributed by atoms with Gasteiger partial charge in [0.25, 0.3) is 0 Å². The average molecular weight is 131 g/mol. The molecule has 44 valence electrons. The van der Waals surface area contributed by atoms with E-state index in [4.69, 9.17) is 0 Å². The second-order valence-electron chi connectivity index (χ2n) is 0.986. The average Bonchev–Trinajstić information content (AvgIpc) is 1.31. The van der Waals surface area contributed by atoms with Crippen molar-refractivity contribution in [1.82, 2.24) is 0 Å².